The minimum absolute atomic E-state index is 0.0518. The molecular weight excluding hydrogens is 825 g/mol. The van der Waals surface area contributed by atoms with E-state index in [1.165, 1.54) is 28.4 Å². The highest BCUT2D eigenvalue weighted by Gasteiger charge is 2.41. The van der Waals surface area contributed by atoms with Gasteiger partial charge in [0.05, 0.1) is 35.1 Å². The number of rotatable bonds is 11. The van der Waals surface area contributed by atoms with Crippen LogP contribution < -0.4 is 14.4 Å². The number of piperazine rings is 1. The highest BCUT2D eigenvalue weighted by molar-refractivity contribution is 7.22. The number of hydrogen-bond acceptors (Lipinski definition) is 10. The van der Waals surface area contributed by atoms with Crippen LogP contribution in [0.5, 0.6) is 23.0 Å². The predicted octanol–water partition coefficient (Wildman–Crippen LogP) is 8.78. The number of piperidine rings is 1. The lowest BCUT2D eigenvalue weighted by molar-refractivity contribution is -0.137. The molecule has 5 aromatic rings. The first-order valence-electron chi connectivity index (χ1n) is 21.1. The lowest BCUT2D eigenvalue weighted by atomic mass is 9.92. The topological polar surface area (TPSA) is 103 Å². The van der Waals surface area contributed by atoms with Crippen molar-refractivity contribution in [2.75, 3.05) is 63.9 Å². The number of halogens is 4. The Bertz CT molecular complexity index is 2480. The van der Waals surface area contributed by atoms with Crippen LogP contribution in [0.3, 0.4) is 0 Å². The summed E-state index contributed by atoms with van der Waals surface area (Å²) in [6, 6.07) is 19.8. The van der Waals surface area contributed by atoms with Gasteiger partial charge in [0.2, 0.25) is 0 Å². The number of anilines is 1. The summed E-state index contributed by atoms with van der Waals surface area (Å²) in [6.45, 7) is 7.32. The highest BCUT2D eigenvalue weighted by Crippen LogP contribution is 2.48. The first-order valence-corrected chi connectivity index (χ1v) is 21.9. The summed E-state index contributed by atoms with van der Waals surface area (Å²) < 4.78 is 68.8. The van der Waals surface area contributed by atoms with Crippen LogP contribution in [0, 0.1) is 11.7 Å². The molecule has 4 heterocycles. The number of nitrogens with zero attached hydrogens (tertiary/aromatic N) is 4. The third-order valence-corrected chi connectivity index (χ3v) is 13.8. The number of fused-ring (bicyclic) bond motifs is 2. The lowest BCUT2D eigenvalue weighted by Crippen LogP contribution is -2.49. The lowest BCUT2D eigenvalue weighted by Gasteiger charge is -2.39. The number of ether oxygens (including phenoxy) is 2. The summed E-state index contributed by atoms with van der Waals surface area (Å²) >= 11 is 1.33. The second-order valence-corrected chi connectivity index (χ2v) is 17.7. The van der Waals surface area contributed by atoms with Gasteiger partial charge in [0.1, 0.15) is 29.6 Å². The van der Waals surface area contributed by atoms with E-state index >= 15 is 4.39 Å². The van der Waals surface area contributed by atoms with Gasteiger partial charge in [-0.25, -0.2) is 4.39 Å². The summed E-state index contributed by atoms with van der Waals surface area (Å²) in [6.07, 6.45) is -1.89. The fourth-order valence-electron chi connectivity index (χ4n) is 9.15. The SMILES string of the molecule is O=C1CCC(N2Cc3c(ccc(N4CCN(CC5CCN(CCOc6ccc(Oc7c(-c8ccc(C(F)(F)F)cc8)sc8cc(O)ccc78)cc6)CC5)CC4)c3F)C2=O)C(=O)C1. The number of hydrogen-bond donors (Lipinski definition) is 1. The molecule has 1 saturated carbocycles. The van der Waals surface area contributed by atoms with Gasteiger partial charge in [0.15, 0.2) is 17.3 Å². The van der Waals surface area contributed by atoms with E-state index in [2.05, 4.69) is 9.80 Å². The standard InChI is InChI=1S/C47H46F4N4O6S/c48-43-38-28-55(39-13-6-32(56)25-41(39)58)46(59)36(38)12-14-40(43)54-21-19-53(20-22-54)27-29-15-17-52(18-16-29)23-24-60-34-7-9-35(10-8-34)61-44-37-11-5-33(57)26-42(37)62-45(44)30-1-3-31(4-2-30)47(49,50)51/h1-5,7-12,14,26,29,39,57H,6,13,15-25,27-28H2. The van der Waals surface area contributed by atoms with Crippen molar-refractivity contribution in [1.29, 1.82) is 0 Å². The first-order chi connectivity index (χ1) is 29.9. The smallest absolute Gasteiger partial charge is 0.416 e. The average molecular weight is 871 g/mol. The van der Waals surface area contributed by atoms with Gasteiger partial charge in [0.25, 0.3) is 5.91 Å². The number of Topliss-reactive ketones (excluding diaryl/α,β-unsaturated/α-hetero) is 2. The van der Waals surface area contributed by atoms with Crippen molar-refractivity contribution in [3.63, 3.8) is 0 Å². The van der Waals surface area contributed by atoms with E-state index < -0.39 is 23.6 Å². The average Bonchev–Trinajstić information content (AvgIpc) is 3.79. The van der Waals surface area contributed by atoms with Crippen molar-refractivity contribution in [3.05, 3.63) is 101 Å². The van der Waals surface area contributed by atoms with Crippen LogP contribution in [0.2, 0.25) is 0 Å². The second-order valence-electron chi connectivity index (χ2n) is 16.6. The Kier molecular flexibility index (Phi) is 11.7. The van der Waals surface area contributed by atoms with Gasteiger partial charge in [0, 0.05) is 66.9 Å². The molecule has 62 heavy (non-hydrogen) atoms. The highest BCUT2D eigenvalue weighted by atomic mass is 32.1. The van der Waals surface area contributed by atoms with Gasteiger partial charge in [-0.3, -0.25) is 24.2 Å². The molecule has 1 unspecified atom stereocenters. The Morgan fingerprint density at radius 3 is 2.24 bits per heavy atom. The van der Waals surface area contributed by atoms with E-state index in [9.17, 15) is 32.7 Å². The summed E-state index contributed by atoms with van der Waals surface area (Å²) in [4.78, 5) is 46.4. The van der Waals surface area contributed by atoms with Gasteiger partial charge in [-0.15, -0.1) is 11.3 Å². The number of phenols is 1. The van der Waals surface area contributed by atoms with Crippen molar-refractivity contribution in [2.45, 2.75) is 50.9 Å². The molecule has 0 spiro atoms. The molecule has 1 atom stereocenters. The van der Waals surface area contributed by atoms with Crippen LogP contribution in [0.15, 0.2) is 78.9 Å². The molecule has 1 N–H and O–H groups in total. The number of carbonyl (C=O) groups is 3. The van der Waals surface area contributed by atoms with Gasteiger partial charge in [-0.1, -0.05) is 12.1 Å². The molecule has 10 nitrogen and oxygen atoms in total. The van der Waals surface area contributed by atoms with Gasteiger partial charge < -0.3 is 24.4 Å². The van der Waals surface area contributed by atoms with Crippen LogP contribution in [-0.2, 0) is 22.3 Å². The molecule has 0 bridgehead atoms. The van der Waals surface area contributed by atoms with Crippen molar-refractivity contribution >= 4 is 44.6 Å². The Labute approximate surface area is 360 Å². The Morgan fingerprint density at radius 1 is 0.806 bits per heavy atom. The zero-order valence-corrected chi connectivity index (χ0v) is 34.8. The van der Waals surface area contributed by atoms with Crippen molar-refractivity contribution in [2.24, 2.45) is 5.92 Å². The van der Waals surface area contributed by atoms with E-state index in [0.717, 1.165) is 74.3 Å². The predicted molar refractivity (Wildman–Crippen MR) is 228 cm³/mol. The minimum Gasteiger partial charge on any atom is -0.508 e. The fraction of sp³-hybridized carbons (Fsp3) is 0.383. The van der Waals surface area contributed by atoms with Crippen LogP contribution in [0.4, 0.5) is 23.2 Å². The molecule has 4 aliphatic rings. The molecule has 324 valence electrons. The number of aromatic hydroxyl groups is 1. The van der Waals surface area contributed by atoms with Crippen molar-refractivity contribution in [1.82, 2.24) is 14.7 Å². The molecule has 15 heteroatoms. The van der Waals surface area contributed by atoms with Crippen LogP contribution >= 0.6 is 11.3 Å². The second kappa shape index (κ2) is 17.3. The summed E-state index contributed by atoms with van der Waals surface area (Å²) in [5.41, 5.74) is 0.980. The van der Waals surface area contributed by atoms with E-state index in [0.29, 0.717) is 76.5 Å². The summed E-state index contributed by atoms with van der Waals surface area (Å²) in [5, 5.41) is 10.8. The van der Waals surface area contributed by atoms with Gasteiger partial charge >= 0.3 is 6.18 Å². The molecule has 2 saturated heterocycles. The normalized spacial score (nSPS) is 19.4. The largest absolute Gasteiger partial charge is 0.508 e. The maximum atomic E-state index is 15.9. The third-order valence-electron chi connectivity index (χ3n) is 12.6. The number of benzene rings is 4. The molecule has 1 amide bonds. The van der Waals surface area contributed by atoms with Crippen molar-refractivity contribution in [3.8, 4) is 33.4 Å². The number of likely N-dealkylation sites (tertiary alicyclic amines) is 1. The summed E-state index contributed by atoms with van der Waals surface area (Å²) in [7, 11) is 0. The van der Waals surface area contributed by atoms with Crippen LogP contribution in [0.25, 0.3) is 20.5 Å². The van der Waals surface area contributed by atoms with Crippen LogP contribution in [-0.4, -0.2) is 102 Å². The Balaban J connectivity index is 0.720. The number of ketones is 2. The molecule has 3 aliphatic heterocycles. The monoisotopic (exact) mass is 870 g/mol. The number of amides is 1. The summed E-state index contributed by atoms with van der Waals surface area (Å²) in [5.74, 6) is 1.28. The van der Waals surface area contributed by atoms with E-state index in [1.54, 1.807) is 42.5 Å². The van der Waals surface area contributed by atoms with Gasteiger partial charge in [-0.05, 0) is 111 Å². The minimum atomic E-state index is -4.44. The van der Waals surface area contributed by atoms with Crippen molar-refractivity contribution < 1.29 is 46.5 Å². The first kappa shape index (κ1) is 41.8. The Hall–Kier alpha value is -5.51. The molecular formula is C47H46F4N4O6S. The number of thiophene rings is 1. The van der Waals surface area contributed by atoms with E-state index in [4.69, 9.17) is 9.47 Å². The number of alkyl halides is 3. The van der Waals surface area contributed by atoms with E-state index in [1.807, 2.05) is 17.0 Å². The molecule has 3 fully saturated rings. The van der Waals surface area contributed by atoms with E-state index in [-0.39, 0.29) is 42.6 Å². The number of phenolic OH excluding ortho intramolecular Hbond substituents is 1. The van der Waals surface area contributed by atoms with Crippen LogP contribution in [0.1, 0.15) is 53.6 Å². The van der Waals surface area contributed by atoms with Gasteiger partial charge in [-0.2, -0.15) is 13.2 Å². The zero-order chi connectivity index (χ0) is 43.1. The Morgan fingerprint density at radius 2 is 1.53 bits per heavy atom. The fourth-order valence-corrected chi connectivity index (χ4v) is 10.3. The molecule has 1 aromatic heterocycles. The third kappa shape index (κ3) is 8.75. The quantitative estimate of drug-likeness (QED) is 0.103. The maximum Gasteiger partial charge on any atom is 0.416 e. The molecule has 0 radical (unpaired) electrons. The molecule has 1 aliphatic carbocycles. The maximum absolute atomic E-state index is 15.9. The molecule has 9 rings (SSSR count). The zero-order valence-electron chi connectivity index (χ0n) is 34.0. The number of carbonyl (C=O) groups excluding carboxylic acids is 3. The molecule has 4 aromatic carbocycles.